The molecule has 1 aromatic heterocycles. The lowest BCUT2D eigenvalue weighted by Crippen LogP contribution is -2.28. The van der Waals surface area contributed by atoms with E-state index in [-0.39, 0.29) is 47.6 Å². The SMILES string of the molecule is CN(C)CCOC(=O)COc1ccc(Cl)cc1.COc1c(CC=C(C)C)c2c(c3oc(=O)c(-c4ccc(O)cc4)c(O)c13)C=CC(C)(C)O2.Cl. The van der Waals surface area contributed by atoms with Crippen LogP contribution in [0.25, 0.3) is 28.2 Å². The lowest BCUT2D eigenvalue weighted by molar-refractivity contribution is -0.146. The number of aromatic hydroxyl groups is 2. The average molecular weight is 729 g/mol. The molecule has 0 atom stereocenters. The summed E-state index contributed by atoms with van der Waals surface area (Å²) in [6, 6.07) is 12.8. The number of phenolic OH excluding ortho intramolecular Hbond substituents is 1. The van der Waals surface area contributed by atoms with E-state index in [2.05, 4.69) is 6.08 Å². The molecule has 50 heavy (non-hydrogen) atoms. The first-order valence-electron chi connectivity index (χ1n) is 15.6. The first-order chi connectivity index (χ1) is 23.2. The van der Waals surface area contributed by atoms with Crippen LogP contribution in [0.15, 0.2) is 75.5 Å². The van der Waals surface area contributed by atoms with E-state index in [1.807, 2.05) is 58.8 Å². The van der Waals surface area contributed by atoms with Crippen molar-refractivity contribution >= 4 is 47.0 Å². The second-order valence-electron chi connectivity index (χ2n) is 12.4. The number of carbonyl (C=O) groups is 1. The van der Waals surface area contributed by atoms with E-state index in [0.717, 1.165) is 11.1 Å². The maximum atomic E-state index is 12.9. The van der Waals surface area contributed by atoms with Crippen LogP contribution in [0.5, 0.6) is 28.7 Å². The van der Waals surface area contributed by atoms with Crippen molar-refractivity contribution in [1.29, 1.82) is 0 Å². The third kappa shape index (κ3) is 9.97. The number of hydrogen-bond acceptors (Lipinski definition) is 10. The molecule has 0 radical (unpaired) electrons. The fourth-order valence-electron chi connectivity index (χ4n) is 4.95. The second kappa shape index (κ2) is 17.3. The molecule has 0 spiro atoms. The monoisotopic (exact) mass is 727 g/mol. The van der Waals surface area contributed by atoms with E-state index in [1.54, 1.807) is 36.4 Å². The third-order valence-electron chi connectivity index (χ3n) is 7.43. The predicted octanol–water partition coefficient (Wildman–Crippen LogP) is 7.82. The number of ether oxygens (including phenoxy) is 4. The summed E-state index contributed by atoms with van der Waals surface area (Å²) in [5.74, 6) is 1.00. The molecule has 5 rings (SSSR count). The summed E-state index contributed by atoms with van der Waals surface area (Å²) in [5, 5.41) is 21.8. The molecule has 0 aliphatic carbocycles. The highest BCUT2D eigenvalue weighted by Crippen LogP contribution is 2.49. The van der Waals surface area contributed by atoms with Crippen LogP contribution in [-0.4, -0.2) is 67.6 Å². The van der Waals surface area contributed by atoms with Gasteiger partial charge in [-0.15, -0.1) is 12.4 Å². The standard InChI is InChI=1S/C26H26O6.C12H16ClNO3.ClH/c1-14(2)6-11-17-22-18(12-13-26(3,4)32-22)24-20(23(17)30-5)21(28)19(25(29)31-24)15-7-9-16(27)10-8-15;1-14(2)7-8-16-12(15)9-17-11-5-3-10(13)4-6-11;/h6-10,12-13,27-28H,11H2,1-5H3;3-6H,7-9H2,1-2H3;1H. The molecule has 1 aliphatic rings. The van der Waals surface area contributed by atoms with Crippen molar-refractivity contribution in [3.05, 3.63) is 92.8 Å². The Balaban J connectivity index is 0.000000320. The summed E-state index contributed by atoms with van der Waals surface area (Å²) < 4.78 is 28.0. The number of rotatable bonds is 10. The molecule has 4 aromatic rings. The molecule has 3 aromatic carbocycles. The van der Waals surface area contributed by atoms with E-state index >= 15 is 0 Å². The highest BCUT2D eigenvalue weighted by atomic mass is 35.5. The molecule has 0 saturated carbocycles. The number of hydrogen-bond donors (Lipinski definition) is 2. The number of esters is 1. The number of likely N-dealkylation sites (N-methyl/N-ethyl adjacent to an activating group) is 1. The fraction of sp³-hybridized carbons (Fsp3) is 0.316. The predicted molar refractivity (Wildman–Crippen MR) is 198 cm³/mol. The molecule has 0 amide bonds. The first-order valence-corrected chi connectivity index (χ1v) is 16.0. The van der Waals surface area contributed by atoms with Crippen LogP contribution in [0.1, 0.15) is 38.8 Å². The third-order valence-corrected chi connectivity index (χ3v) is 7.68. The van der Waals surface area contributed by atoms with Gasteiger partial charge in [0.2, 0.25) is 0 Å². The number of fused-ring (bicyclic) bond motifs is 3. The maximum Gasteiger partial charge on any atom is 0.348 e. The average Bonchev–Trinajstić information content (AvgIpc) is 3.03. The highest BCUT2D eigenvalue weighted by molar-refractivity contribution is 6.30. The maximum absolute atomic E-state index is 12.9. The van der Waals surface area contributed by atoms with Gasteiger partial charge in [0.1, 0.15) is 51.9 Å². The van der Waals surface area contributed by atoms with Gasteiger partial charge in [-0.1, -0.05) is 35.4 Å². The van der Waals surface area contributed by atoms with Crippen LogP contribution in [0.2, 0.25) is 5.02 Å². The van der Waals surface area contributed by atoms with E-state index in [9.17, 15) is 19.8 Å². The van der Waals surface area contributed by atoms with Crippen LogP contribution in [0.3, 0.4) is 0 Å². The number of allylic oxidation sites excluding steroid dienone is 2. The van der Waals surface area contributed by atoms with Gasteiger partial charge in [0.15, 0.2) is 12.2 Å². The number of methoxy groups -OCH3 is 1. The van der Waals surface area contributed by atoms with Crippen molar-refractivity contribution in [2.24, 2.45) is 0 Å². The molecule has 0 saturated heterocycles. The van der Waals surface area contributed by atoms with Crippen molar-refractivity contribution in [2.45, 2.75) is 39.7 Å². The number of nitrogens with zero attached hydrogens (tertiary/aromatic N) is 1. The van der Waals surface area contributed by atoms with E-state index in [4.69, 9.17) is 35.0 Å². The zero-order valence-corrected chi connectivity index (χ0v) is 30.7. The molecule has 268 valence electrons. The van der Waals surface area contributed by atoms with Gasteiger partial charge in [-0.2, -0.15) is 0 Å². The largest absolute Gasteiger partial charge is 0.508 e. The Morgan fingerprint density at radius 3 is 2.30 bits per heavy atom. The number of carbonyl (C=O) groups excluding carboxylic acids is 1. The molecular formula is C38H43Cl2NO9. The Bertz CT molecular complexity index is 1910. The van der Waals surface area contributed by atoms with Crippen molar-refractivity contribution in [3.8, 4) is 39.9 Å². The van der Waals surface area contributed by atoms with Crippen molar-refractivity contribution in [1.82, 2.24) is 4.90 Å². The Kier molecular flexibility index (Phi) is 13.8. The topological polar surface area (TPSA) is 128 Å². The smallest absolute Gasteiger partial charge is 0.348 e. The number of halogens is 2. The lowest BCUT2D eigenvalue weighted by atomic mass is 9.93. The minimum atomic E-state index is -0.694. The Morgan fingerprint density at radius 1 is 1.04 bits per heavy atom. The summed E-state index contributed by atoms with van der Waals surface area (Å²) in [5.41, 5.74) is 1.85. The zero-order valence-electron chi connectivity index (χ0n) is 29.2. The van der Waals surface area contributed by atoms with Crippen LogP contribution < -0.4 is 19.8 Å². The van der Waals surface area contributed by atoms with Crippen LogP contribution >= 0.6 is 24.0 Å². The molecule has 1 aliphatic heterocycles. The molecule has 0 unspecified atom stereocenters. The summed E-state index contributed by atoms with van der Waals surface area (Å²) in [7, 11) is 5.35. The van der Waals surface area contributed by atoms with Gasteiger partial charge in [0.25, 0.3) is 0 Å². The molecule has 12 heteroatoms. The quantitative estimate of drug-likeness (QED) is 0.0948. The Hall–Kier alpha value is -4.64. The molecular weight excluding hydrogens is 685 g/mol. The van der Waals surface area contributed by atoms with Crippen molar-refractivity contribution < 1.29 is 38.4 Å². The minimum absolute atomic E-state index is 0. The van der Waals surface area contributed by atoms with E-state index in [0.29, 0.717) is 58.4 Å². The van der Waals surface area contributed by atoms with Gasteiger partial charge in [-0.25, -0.2) is 9.59 Å². The normalized spacial score (nSPS) is 12.5. The highest BCUT2D eigenvalue weighted by Gasteiger charge is 2.32. The Morgan fingerprint density at radius 2 is 1.70 bits per heavy atom. The summed E-state index contributed by atoms with van der Waals surface area (Å²) in [4.78, 5) is 26.2. The lowest BCUT2D eigenvalue weighted by Gasteiger charge is -2.31. The molecule has 2 N–H and O–H groups in total. The second-order valence-corrected chi connectivity index (χ2v) is 12.8. The fourth-order valence-corrected chi connectivity index (χ4v) is 5.08. The van der Waals surface area contributed by atoms with Crippen LogP contribution in [0.4, 0.5) is 0 Å². The van der Waals surface area contributed by atoms with Gasteiger partial charge in [0, 0.05) is 17.1 Å². The van der Waals surface area contributed by atoms with Gasteiger partial charge in [0.05, 0.1) is 12.7 Å². The number of phenols is 1. The van der Waals surface area contributed by atoms with Crippen molar-refractivity contribution in [2.75, 3.05) is 41.0 Å². The summed E-state index contributed by atoms with van der Waals surface area (Å²) in [6.45, 7) is 8.87. The number of benzene rings is 3. The minimum Gasteiger partial charge on any atom is -0.508 e. The van der Waals surface area contributed by atoms with Crippen LogP contribution in [-0.2, 0) is 16.0 Å². The Labute approximate surface area is 302 Å². The summed E-state index contributed by atoms with van der Waals surface area (Å²) in [6.07, 6.45) is 6.31. The van der Waals surface area contributed by atoms with Gasteiger partial charge < -0.3 is 38.5 Å². The van der Waals surface area contributed by atoms with Gasteiger partial charge >= 0.3 is 11.6 Å². The molecule has 0 bridgehead atoms. The van der Waals surface area contributed by atoms with E-state index in [1.165, 1.54) is 19.2 Å². The summed E-state index contributed by atoms with van der Waals surface area (Å²) >= 11 is 5.72. The van der Waals surface area contributed by atoms with Gasteiger partial charge in [-0.05, 0) is 102 Å². The molecule has 2 heterocycles. The molecule has 10 nitrogen and oxygen atoms in total. The van der Waals surface area contributed by atoms with Crippen molar-refractivity contribution in [3.63, 3.8) is 0 Å². The first kappa shape index (κ1) is 39.8. The zero-order chi connectivity index (χ0) is 35.9. The molecule has 0 fully saturated rings. The van der Waals surface area contributed by atoms with E-state index < -0.39 is 11.2 Å². The van der Waals surface area contributed by atoms with Crippen LogP contribution in [0, 0.1) is 0 Å². The van der Waals surface area contributed by atoms with Gasteiger partial charge in [-0.3, -0.25) is 0 Å².